The number of ether oxygens (including phenoxy) is 1. The van der Waals surface area contributed by atoms with Crippen molar-refractivity contribution < 1.29 is 4.74 Å². The lowest BCUT2D eigenvalue weighted by molar-refractivity contribution is 0.414. The summed E-state index contributed by atoms with van der Waals surface area (Å²) in [6.45, 7) is 4.25. The number of aryl methyl sites for hydroxylation is 1. The van der Waals surface area contributed by atoms with Gasteiger partial charge in [0.05, 0.1) is 12.1 Å². The summed E-state index contributed by atoms with van der Waals surface area (Å²) >= 11 is 6.19. The van der Waals surface area contributed by atoms with Crippen LogP contribution in [0.1, 0.15) is 18.4 Å². The number of halogens is 1. The van der Waals surface area contributed by atoms with Crippen LogP contribution < -0.4 is 15.0 Å². The third-order valence-corrected chi connectivity index (χ3v) is 3.83. The predicted molar refractivity (Wildman–Crippen MR) is 77.0 cm³/mol. The molecule has 1 saturated heterocycles. The molecule has 1 unspecified atom stereocenters. The second kappa shape index (κ2) is 5.81. The monoisotopic (exact) mass is 268 g/mol. The van der Waals surface area contributed by atoms with Crippen molar-refractivity contribution in [3.8, 4) is 5.75 Å². The predicted octanol–water partition coefficient (Wildman–Crippen LogP) is 2.85. The van der Waals surface area contributed by atoms with Crippen LogP contribution >= 0.6 is 11.6 Å². The molecule has 1 aliphatic heterocycles. The van der Waals surface area contributed by atoms with Crippen LogP contribution in [-0.2, 0) is 0 Å². The molecule has 1 heterocycles. The van der Waals surface area contributed by atoms with Gasteiger partial charge in [-0.05, 0) is 44.0 Å². The van der Waals surface area contributed by atoms with E-state index in [2.05, 4.69) is 24.2 Å². The van der Waals surface area contributed by atoms with Gasteiger partial charge in [-0.3, -0.25) is 0 Å². The first-order chi connectivity index (χ1) is 8.61. The van der Waals surface area contributed by atoms with Gasteiger partial charge in [0.1, 0.15) is 5.75 Å². The zero-order valence-corrected chi connectivity index (χ0v) is 12.0. The number of likely N-dealkylation sites (N-methyl/N-ethyl adjacent to an activating group) is 1. The Bertz CT molecular complexity index is 417. The molecule has 1 fully saturated rings. The third-order valence-electron chi connectivity index (χ3n) is 3.54. The number of benzene rings is 1. The quantitative estimate of drug-likeness (QED) is 0.909. The van der Waals surface area contributed by atoms with E-state index < -0.39 is 0 Å². The molecule has 18 heavy (non-hydrogen) atoms. The lowest BCUT2D eigenvalue weighted by Gasteiger charge is -2.25. The molecule has 0 spiro atoms. The summed E-state index contributed by atoms with van der Waals surface area (Å²) in [7, 11) is 3.76. The van der Waals surface area contributed by atoms with E-state index in [1.807, 2.05) is 12.1 Å². The molecular formula is C14H21ClN2O. The SMILES string of the molecule is COc1cc(C)c(N(C)CC2CCCN2)cc1Cl. The highest BCUT2D eigenvalue weighted by atomic mass is 35.5. The van der Waals surface area contributed by atoms with Crippen molar-refractivity contribution in [1.29, 1.82) is 0 Å². The van der Waals surface area contributed by atoms with E-state index in [-0.39, 0.29) is 0 Å². The van der Waals surface area contributed by atoms with Crippen molar-refractivity contribution in [3.63, 3.8) is 0 Å². The van der Waals surface area contributed by atoms with Gasteiger partial charge in [0.15, 0.2) is 0 Å². The molecule has 0 bridgehead atoms. The van der Waals surface area contributed by atoms with E-state index in [1.165, 1.54) is 24.1 Å². The largest absolute Gasteiger partial charge is 0.495 e. The molecule has 0 radical (unpaired) electrons. The number of nitrogens with zero attached hydrogens (tertiary/aromatic N) is 1. The summed E-state index contributed by atoms with van der Waals surface area (Å²) in [5.41, 5.74) is 2.37. The molecule has 1 aliphatic rings. The van der Waals surface area contributed by atoms with E-state index in [1.54, 1.807) is 7.11 Å². The summed E-state index contributed by atoms with van der Waals surface area (Å²) in [5, 5.41) is 4.19. The Morgan fingerprint density at radius 2 is 2.28 bits per heavy atom. The first-order valence-corrected chi connectivity index (χ1v) is 6.78. The summed E-state index contributed by atoms with van der Waals surface area (Å²) in [5.74, 6) is 0.741. The highest BCUT2D eigenvalue weighted by molar-refractivity contribution is 6.32. The number of hydrogen-bond acceptors (Lipinski definition) is 3. The number of methoxy groups -OCH3 is 1. The molecule has 0 aliphatic carbocycles. The fourth-order valence-corrected chi connectivity index (χ4v) is 2.79. The van der Waals surface area contributed by atoms with Gasteiger partial charge in [-0.1, -0.05) is 11.6 Å². The molecule has 1 aromatic rings. The van der Waals surface area contributed by atoms with E-state index in [0.717, 1.165) is 18.8 Å². The Balaban J connectivity index is 2.13. The van der Waals surface area contributed by atoms with E-state index >= 15 is 0 Å². The molecule has 1 aromatic carbocycles. The molecule has 0 aromatic heterocycles. The topological polar surface area (TPSA) is 24.5 Å². The standard InChI is InChI=1S/C14H21ClN2O/c1-10-7-14(18-3)12(15)8-13(10)17(2)9-11-5-4-6-16-11/h7-8,11,16H,4-6,9H2,1-3H3. The minimum atomic E-state index is 0.593. The smallest absolute Gasteiger partial charge is 0.137 e. The third kappa shape index (κ3) is 2.90. The maximum absolute atomic E-state index is 6.19. The van der Waals surface area contributed by atoms with Crippen molar-refractivity contribution in [1.82, 2.24) is 5.32 Å². The fourth-order valence-electron chi connectivity index (χ4n) is 2.55. The minimum absolute atomic E-state index is 0.593. The highest BCUT2D eigenvalue weighted by Gasteiger charge is 2.17. The van der Waals surface area contributed by atoms with Crippen molar-refractivity contribution in [2.45, 2.75) is 25.8 Å². The first kappa shape index (κ1) is 13.5. The summed E-state index contributed by atoms with van der Waals surface area (Å²) < 4.78 is 5.23. The van der Waals surface area contributed by atoms with E-state index in [9.17, 15) is 0 Å². The summed E-state index contributed by atoms with van der Waals surface area (Å²) in [4.78, 5) is 2.27. The van der Waals surface area contributed by atoms with Gasteiger partial charge in [-0.15, -0.1) is 0 Å². The highest BCUT2D eigenvalue weighted by Crippen LogP contribution is 2.32. The van der Waals surface area contributed by atoms with E-state index in [4.69, 9.17) is 16.3 Å². The maximum Gasteiger partial charge on any atom is 0.137 e. The van der Waals surface area contributed by atoms with Gasteiger partial charge in [0, 0.05) is 25.3 Å². The zero-order chi connectivity index (χ0) is 13.1. The second-order valence-corrected chi connectivity index (χ2v) is 5.35. The minimum Gasteiger partial charge on any atom is -0.495 e. The van der Waals surface area contributed by atoms with Gasteiger partial charge >= 0.3 is 0 Å². The lowest BCUT2D eigenvalue weighted by Crippen LogP contribution is -2.35. The molecule has 2 rings (SSSR count). The van der Waals surface area contributed by atoms with Crippen LogP contribution in [0.4, 0.5) is 5.69 Å². The first-order valence-electron chi connectivity index (χ1n) is 6.40. The average Bonchev–Trinajstić information content (AvgIpc) is 2.84. The van der Waals surface area contributed by atoms with Crippen molar-refractivity contribution in [3.05, 3.63) is 22.7 Å². The van der Waals surface area contributed by atoms with Gasteiger partial charge in [0.2, 0.25) is 0 Å². The van der Waals surface area contributed by atoms with Crippen LogP contribution in [-0.4, -0.2) is 33.3 Å². The molecule has 4 heteroatoms. The van der Waals surface area contributed by atoms with Gasteiger partial charge < -0.3 is 15.0 Å². The van der Waals surface area contributed by atoms with Gasteiger partial charge in [-0.25, -0.2) is 0 Å². The van der Waals surface area contributed by atoms with Crippen LogP contribution in [0.3, 0.4) is 0 Å². The lowest BCUT2D eigenvalue weighted by atomic mass is 10.1. The van der Waals surface area contributed by atoms with Crippen molar-refractivity contribution >= 4 is 17.3 Å². The summed E-state index contributed by atoms with van der Waals surface area (Å²) in [6, 6.07) is 4.58. The Morgan fingerprint density at radius 3 is 2.89 bits per heavy atom. The normalized spacial score (nSPS) is 19.0. The Morgan fingerprint density at radius 1 is 1.50 bits per heavy atom. The number of nitrogens with one attached hydrogen (secondary N) is 1. The van der Waals surface area contributed by atoms with Crippen LogP contribution in [0.2, 0.25) is 5.02 Å². The number of rotatable bonds is 4. The maximum atomic E-state index is 6.19. The molecule has 1 N–H and O–H groups in total. The van der Waals surface area contributed by atoms with Crippen LogP contribution in [0.5, 0.6) is 5.75 Å². The summed E-state index contributed by atoms with van der Waals surface area (Å²) in [6.07, 6.45) is 2.54. The molecule has 1 atom stereocenters. The number of hydrogen-bond donors (Lipinski definition) is 1. The molecule has 0 saturated carbocycles. The fraction of sp³-hybridized carbons (Fsp3) is 0.571. The van der Waals surface area contributed by atoms with Crippen LogP contribution in [0.15, 0.2) is 12.1 Å². The molecule has 0 amide bonds. The Labute approximate surface area is 114 Å². The van der Waals surface area contributed by atoms with Gasteiger partial charge in [0.25, 0.3) is 0 Å². The molecular weight excluding hydrogens is 248 g/mol. The average molecular weight is 269 g/mol. The Kier molecular flexibility index (Phi) is 4.36. The van der Waals surface area contributed by atoms with E-state index in [0.29, 0.717) is 11.1 Å². The van der Waals surface area contributed by atoms with Gasteiger partial charge in [-0.2, -0.15) is 0 Å². The van der Waals surface area contributed by atoms with Crippen LogP contribution in [0, 0.1) is 6.92 Å². The zero-order valence-electron chi connectivity index (χ0n) is 11.3. The second-order valence-electron chi connectivity index (χ2n) is 4.95. The Hall–Kier alpha value is -0.930. The van der Waals surface area contributed by atoms with Crippen molar-refractivity contribution in [2.75, 3.05) is 32.1 Å². The molecule has 3 nitrogen and oxygen atoms in total. The van der Waals surface area contributed by atoms with Crippen molar-refractivity contribution in [2.24, 2.45) is 0 Å². The molecule has 100 valence electrons. The number of anilines is 1. The van der Waals surface area contributed by atoms with Crippen LogP contribution in [0.25, 0.3) is 0 Å².